The van der Waals surface area contributed by atoms with E-state index in [1.807, 2.05) is 26.8 Å². The number of aryl methyl sites for hydroxylation is 1. The van der Waals surface area contributed by atoms with E-state index < -0.39 is 0 Å². The molecule has 1 aromatic rings. The van der Waals surface area contributed by atoms with Crippen molar-refractivity contribution >= 4 is 5.95 Å². The highest BCUT2D eigenvalue weighted by Gasteiger charge is 2.28. The van der Waals surface area contributed by atoms with Crippen molar-refractivity contribution in [1.29, 1.82) is 0 Å². The molecular weight excluding hydrogens is 252 g/mol. The molecule has 1 aliphatic carbocycles. The minimum atomic E-state index is 0.122. The number of rotatable bonds is 7. The number of hydrogen-bond acceptors (Lipinski definition) is 5. The number of nitrogens with one attached hydrogen (secondary N) is 1. The molecule has 20 heavy (non-hydrogen) atoms. The van der Waals surface area contributed by atoms with Crippen molar-refractivity contribution in [2.75, 3.05) is 18.9 Å². The maximum Gasteiger partial charge on any atom is 0.226 e. The van der Waals surface area contributed by atoms with Gasteiger partial charge in [0.2, 0.25) is 11.8 Å². The standard InChI is InChI=1S/C15H26N4O/c1-10(2)20-14-8-11(3)17-15(18-14)16-9-12(4)19(5)13-6-7-13/h8,10,12-13H,6-7,9H2,1-5H3,(H,16,17,18). The first-order chi connectivity index (χ1) is 9.45. The van der Waals surface area contributed by atoms with Crippen LogP contribution in [0.1, 0.15) is 39.3 Å². The van der Waals surface area contributed by atoms with Crippen LogP contribution in [0.2, 0.25) is 0 Å². The van der Waals surface area contributed by atoms with Crippen molar-refractivity contribution in [1.82, 2.24) is 14.9 Å². The van der Waals surface area contributed by atoms with Crippen LogP contribution in [-0.2, 0) is 0 Å². The van der Waals surface area contributed by atoms with Crippen LogP contribution in [0.4, 0.5) is 5.95 Å². The predicted molar refractivity (Wildman–Crippen MR) is 81.3 cm³/mol. The van der Waals surface area contributed by atoms with Crippen molar-refractivity contribution in [2.24, 2.45) is 0 Å². The Morgan fingerprint density at radius 3 is 2.65 bits per heavy atom. The molecule has 2 rings (SSSR count). The largest absolute Gasteiger partial charge is 0.475 e. The zero-order valence-electron chi connectivity index (χ0n) is 13.2. The lowest BCUT2D eigenvalue weighted by molar-refractivity contribution is 0.232. The summed E-state index contributed by atoms with van der Waals surface area (Å²) < 4.78 is 5.64. The molecule has 0 spiro atoms. The van der Waals surface area contributed by atoms with Crippen LogP contribution in [0.3, 0.4) is 0 Å². The molecule has 1 fully saturated rings. The summed E-state index contributed by atoms with van der Waals surface area (Å²) in [7, 11) is 2.19. The van der Waals surface area contributed by atoms with E-state index in [4.69, 9.17) is 4.74 Å². The van der Waals surface area contributed by atoms with Gasteiger partial charge in [-0.15, -0.1) is 0 Å². The maximum atomic E-state index is 5.64. The molecule has 1 atom stereocenters. The lowest BCUT2D eigenvalue weighted by Crippen LogP contribution is -2.36. The number of ether oxygens (including phenoxy) is 1. The summed E-state index contributed by atoms with van der Waals surface area (Å²) in [5, 5.41) is 3.32. The molecule has 0 amide bonds. The van der Waals surface area contributed by atoms with Crippen LogP contribution >= 0.6 is 0 Å². The van der Waals surface area contributed by atoms with Gasteiger partial charge < -0.3 is 10.1 Å². The molecule has 1 aliphatic rings. The topological polar surface area (TPSA) is 50.3 Å². The highest BCUT2D eigenvalue weighted by Crippen LogP contribution is 2.26. The van der Waals surface area contributed by atoms with E-state index in [-0.39, 0.29) is 6.10 Å². The summed E-state index contributed by atoms with van der Waals surface area (Å²) >= 11 is 0. The Morgan fingerprint density at radius 2 is 2.05 bits per heavy atom. The molecule has 0 radical (unpaired) electrons. The smallest absolute Gasteiger partial charge is 0.226 e. The summed E-state index contributed by atoms with van der Waals surface area (Å²) in [6.07, 6.45) is 2.78. The maximum absolute atomic E-state index is 5.64. The third-order valence-corrected chi connectivity index (χ3v) is 3.56. The van der Waals surface area contributed by atoms with Gasteiger partial charge >= 0.3 is 0 Å². The zero-order valence-corrected chi connectivity index (χ0v) is 13.2. The average molecular weight is 278 g/mol. The van der Waals surface area contributed by atoms with Crippen molar-refractivity contribution in [3.63, 3.8) is 0 Å². The number of anilines is 1. The first-order valence-electron chi connectivity index (χ1n) is 7.44. The first kappa shape index (κ1) is 15.0. The van der Waals surface area contributed by atoms with E-state index in [9.17, 15) is 0 Å². The van der Waals surface area contributed by atoms with Crippen LogP contribution < -0.4 is 10.1 Å². The van der Waals surface area contributed by atoms with E-state index in [2.05, 4.69) is 34.2 Å². The highest BCUT2D eigenvalue weighted by atomic mass is 16.5. The molecule has 1 heterocycles. The first-order valence-corrected chi connectivity index (χ1v) is 7.44. The van der Waals surface area contributed by atoms with Crippen LogP contribution in [-0.4, -0.2) is 46.6 Å². The van der Waals surface area contributed by atoms with Crippen molar-refractivity contribution in [3.8, 4) is 5.88 Å². The Labute approximate surface area is 121 Å². The molecular formula is C15H26N4O. The van der Waals surface area contributed by atoms with Crippen molar-refractivity contribution < 1.29 is 4.74 Å². The second kappa shape index (κ2) is 6.39. The molecule has 1 aromatic heterocycles. The third kappa shape index (κ3) is 4.34. The normalized spacial score (nSPS) is 16.6. The summed E-state index contributed by atoms with van der Waals surface area (Å²) in [6.45, 7) is 9.03. The molecule has 0 aromatic carbocycles. The Balaban J connectivity index is 1.92. The fourth-order valence-electron chi connectivity index (χ4n) is 2.15. The Kier molecular flexibility index (Phi) is 4.81. The molecule has 5 nitrogen and oxygen atoms in total. The minimum absolute atomic E-state index is 0.122. The summed E-state index contributed by atoms with van der Waals surface area (Å²) in [5.41, 5.74) is 0.918. The lowest BCUT2D eigenvalue weighted by Gasteiger charge is -2.24. The SMILES string of the molecule is Cc1cc(OC(C)C)nc(NCC(C)N(C)C2CC2)n1. The van der Waals surface area contributed by atoms with E-state index in [1.165, 1.54) is 12.8 Å². The number of likely N-dealkylation sites (N-methyl/N-ethyl adjacent to an activating group) is 1. The fraction of sp³-hybridized carbons (Fsp3) is 0.733. The van der Waals surface area contributed by atoms with Crippen LogP contribution in [0.5, 0.6) is 5.88 Å². The van der Waals surface area contributed by atoms with E-state index in [1.54, 1.807) is 0 Å². The van der Waals surface area contributed by atoms with Crippen LogP contribution in [0.25, 0.3) is 0 Å². The molecule has 1 N–H and O–H groups in total. The van der Waals surface area contributed by atoms with Crippen LogP contribution in [0, 0.1) is 6.92 Å². The van der Waals surface area contributed by atoms with Gasteiger partial charge in [0.1, 0.15) is 0 Å². The molecule has 1 saturated carbocycles. The summed E-state index contributed by atoms with van der Waals surface area (Å²) in [5.74, 6) is 1.29. The van der Waals surface area contributed by atoms with Gasteiger partial charge in [-0.05, 0) is 47.6 Å². The Bertz CT molecular complexity index is 445. The van der Waals surface area contributed by atoms with Gasteiger partial charge in [0.05, 0.1) is 6.10 Å². The number of aromatic nitrogens is 2. The van der Waals surface area contributed by atoms with E-state index >= 15 is 0 Å². The van der Waals surface area contributed by atoms with Gasteiger partial charge in [-0.25, -0.2) is 4.98 Å². The van der Waals surface area contributed by atoms with Gasteiger partial charge in [0.25, 0.3) is 0 Å². The lowest BCUT2D eigenvalue weighted by atomic mass is 10.3. The molecule has 0 saturated heterocycles. The Hall–Kier alpha value is -1.36. The third-order valence-electron chi connectivity index (χ3n) is 3.56. The second-order valence-corrected chi connectivity index (χ2v) is 5.96. The highest BCUT2D eigenvalue weighted by molar-refractivity contribution is 5.30. The fourth-order valence-corrected chi connectivity index (χ4v) is 2.15. The van der Waals surface area contributed by atoms with Gasteiger partial charge in [-0.2, -0.15) is 4.98 Å². The van der Waals surface area contributed by atoms with E-state index in [0.29, 0.717) is 17.9 Å². The van der Waals surface area contributed by atoms with Crippen LogP contribution in [0.15, 0.2) is 6.07 Å². The molecule has 112 valence electrons. The van der Waals surface area contributed by atoms with Crippen molar-refractivity contribution in [2.45, 2.75) is 58.7 Å². The molecule has 5 heteroatoms. The Morgan fingerprint density at radius 1 is 1.35 bits per heavy atom. The van der Waals surface area contributed by atoms with Gasteiger partial charge in [0.15, 0.2) is 0 Å². The monoisotopic (exact) mass is 278 g/mol. The van der Waals surface area contributed by atoms with Gasteiger partial charge in [-0.3, -0.25) is 4.90 Å². The summed E-state index contributed by atoms with van der Waals surface area (Å²) in [4.78, 5) is 11.2. The molecule has 0 aliphatic heterocycles. The molecule has 1 unspecified atom stereocenters. The quantitative estimate of drug-likeness (QED) is 0.830. The molecule has 0 bridgehead atoms. The van der Waals surface area contributed by atoms with Gasteiger partial charge in [-0.1, -0.05) is 0 Å². The summed E-state index contributed by atoms with van der Waals surface area (Å²) in [6, 6.07) is 3.11. The zero-order chi connectivity index (χ0) is 14.7. The predicted octanol–water partition coefficient (Wildman–Crippen LogP) is 2.47. The second-order valence-electron chi connectivity index (χ2n) is 5.96. The number of hydrogen-bond donors (Lipinski definition) is 1. The van der Waals surface area contributed by atoms with Crippen molar-refractivity contribution in [3.05, 3.63) is 11.8 Å². The van der Waals surface area contributed by atoms with E-state index in [0.717, 1.165) is 18.3 Å². The van der Waals surface area contributed by atoms with Gasteiger partial charge in [0, 0.05) is 30.4 Å². The number of nitrogens with zero attached hydrogens (tertiary/aromatic N) is 3. The average Bonchev–Trinajstić information content (AvgIpc) is 3.17. The minimum Gasteiger partial charge on any atom is -0.475 e.